The molecule has 3 nitrogen and oxygen atoms in total. The van der Waals surface area contributed by atoms with E-state index in [9.17, 15) is 4.79 Å². The van der Waals surface area contributed by atoms with Crippen LogP contribution in [0.3, 0.4) is 0 Å². The van der Waals surface area contributed by atoms with Crippen LogP contribution in [-0.4, -0.2) is 30.6 Å². The molecule has 1 fully saturated rings. The first kappa shape index (κ1) is 19.5. The van der Waals surface area contributed by atoms with Crippen LogP contribution in [0, 0.1) is 12.8 Å². The van der Waals surface area contributed by atoms with Crippen molar-refractivity contribution in [2.24, 2.45) is 5.92 Å². The predicted molar refractivity (Wildman–Crippen MR) is 113 cm³/mol. The van der Waals surface area contributed by atoms with Crippen molar-refractivity contribution in [2.45, 2.75) is 26.2 Å². The molecule has 0 saturated carbocycles. The second-order valence-electron chi connectivity index (χ2n) is 7.34. The largest absolute Gasteiger partial charge is 0.338 e. The Morgan fingerprint density at radius 2 is 2.04 bits per heavy atom. The van der Waals surface area contributed by atoms with Gasteiger partial charge in [-0.1, -0.05) is 54.6 Å². The zero-order valence-corrected chi connectivity index (χ0v) is 16.6. The molecule has 2 aromatic rings. The Hall–Kier alpha value is -2.26. The van der Waals surface area contributed by atoms with E-state index in [-0.39, 0.29) is 6.03 Å². The molecule has 142 valence electrons. The number of aryl methyl sites for hydroxylation is 1. The average Bonchev–Trinajstić information content (AvgIpc) is 3.13. The lowest BCUT2D eigenvalue weighted by Gasteiger charge is -2.18. The molecular weight excluding hydrogens is 356 g/mol. The molecule has 1 unspecified atom stereocenters. The Labute approximate surface area is 167 Å². The molecule has 1 atom stereocenters. The molecule has 1 heterocycles. The highest BCUT2D eigenvalue weighted by atomic mass is 35.5. The molecular formula is C23H27ClN2O. The number of benzene rings is 2. The fourth-order valence-corrected chi connectivity index (χ4v) is 3.85. The fourth-order valence-electron chi connectivity index (χ4n) is 3.67. The SMILES string of the molecule is C=C(CCNC(=O)N1CCC(Cc2ccccc2)C1)c1cc(Cl)ccc1C. The lowest BCUT2D eigenvalue weighted by Crippen LogP contribution is -2.39. The second-order valence-corrected chi connectivity index (χ2v) is 7.77. The maximum Gasteiger partial charge on any atom is 0.317 e. The molecule has 0 spiro atoms. The lowest BCUT2D eigenvalue weighted by atomic mass is 9.99. The number of halogens is 1. The van der Waals surface area contributed by atoms with Gasteiger partial charge in [-0.3, -0.25) is 0 Å². The van der Waals surface area contributed by atoms with Crippen LogP contribution in [0.5, 0.6) is 0 Å². The van der Waals surface area contributed by atoms with Crippen LogP contribution in [0.15, 0.2) is 55.1 Å². The van der Waals surface area contributed by atoms with Crippen molar-refractivity contribution in [2.75, 3.05) is 19.6 Å². The van der Waals surface area contributed by atoms with Crippen molar-refractivity contribution in [3.63, 3.8) is 0 Å². The standard InChI is InChI=1S/C23H27ClN2O/c1-17-8-9-21(24)15-22(17)18(2)10-12-25-23(27)26-13-11-20(16-26)14-19-6-4-3-5-7-19/h3-9,15,20H,2,10-14,16H2,1H3,(H,25,27). The van der Waals surface area contributed by atoms with E-state index in [1.54, 1.807) is 0 Å². The molecule has 3 rings (SSSR count). The zero-order valence-electron chi connectivity index (χ0n) is 15.9. The predicted octanol–water partition coefficient (Wildman–Crippen LogP) is 5.33. The molecule has 1 N–H and O–H groups in total. The van der Waals surface area contributed by atoms with Gasteiger partial charge in [0.1, 0.15) is 0 Å². The molecule has 2 amide bonds. The Morgan fingerprint density at radius 1 is 1.26 bits per heavy atom. The van der Waals surface area contributed by atoms with Crippen molar-refractivity contribution in [3.8, 4) is 0 Å². The number of hydrogen-bond acceptors (Lipinski definition) is 1. The normalized spacial score (nSPS) is 16.4. The van der Waals surface area contributed by atoms with Gasteiger partial charge in [-0.2, -0.15) is 0 Å². The lowest BCUT2D eigenvalue weighted by molar-refractivity contribution is 0.207. The van der Waals surface area contributed by atoms with Crippen molar-refractivity contribution >= 4 is 23.2 Å². The van der Waals surface area contributed by atoms with Crippen molar-refractivity contribution < 1.29 is 4.79 Å². The molecule has 27 heavy (non-hydrogen) atoms. The van der Waals surface area contributed by atoms with Gasteiger partial charge in [0.25, 0.3) is 0 Å². The highest BCUT2D eigenvalue weighted by Crippen LogP contribution is 2.24. The first-order valence-corrected chi connectivity index (χ1v) is 9.91. The summed E-state index contributed by atoms with van der Waals surface area (Å²) in [5.74, 6) is 0.544. The Kier molecular flexibility index (Phi) is 6.57. The van der Waals surface area contributed by atoms with E-state index in [0.29, 0.717) is 23.9 Å². The minimum Gasteiger partial charge on any atom is -0.338 e. The van der Waals surface area contributed by atoms with Crippen molar-refractivity contribution in [1.29, 1.82) is 0 Å². The Morgan fingerprint density at radius 3 is 2.81 bits per heavy atom. The maximum atomic E-state index is 12.4. The summed E-state index contributed by atoms with van der Waals surface area (Å²) >= 11 is 6.09. The molecule has 0 bridgehead atoms. The van der Waals surface area contributed by atoms with Gasteiger partial charge >= 0.3 is 6.03 Å². The topological polar surface area (TPSA) is 32.3 Å². The Balaban J connectivity index is 1.43. The summed E-state index contributed by atoms with van der Waals surface area (Å²) in [6, 6.07) is 16.4. The van der Waals surface area contributed by atoms with E-state index in [0.717, 1.165) is 42.6 Å². The quantitative estimate of drug-likeness (QED) is 0.719. The van der Waals surface area contributed by atoms with Crippen LogP contribution in [-0.2, 0) is 6.42 Å². The van der Waals surface area contributed by atoms with E-state index < -0.39 is 0 Å². The number of rotatable bonds is 6. The minimum absolute atomic E-state index is 0.0289. The second kappa shape index (κ2) is 9.09. The summed E-state index contributed by atoms with van der Waals surface area (Å²) in [5, 5.41) is 3.75. The summed E-state index contributed by atoms with van der Waals surface area (Å²) in [5.41, 5.74) is 4.57. The number of amides is 2. The molecule has 0 aliphatic carbocycles. The fraction of sp³-hybridized carbons (Fsp3) is 0.348. The minimum atomic E-state index is 0.0289. The third-order valence-corrected chi connectivity index (χ3v) is 5.46. The monoisotopic (exact) mass is 382 g/mol. The molecule has 1 aliphatic heterocycles. The van der Waals surface area contributed by atoms with Gasteiger partial charge in [-0.25, -0.2) is 4.79 Å². The van der Waals surface area contributed by atoms with Crippen LogP contribution >= 0.6 is 11.6 Å². The summed E-state index contributed by atoms with van der Waals surface area (Å²) in [6.07, 6.45) is 2.82. The van der Waals surface area contributed by atoms with E-state index in [2.05, 4.69) is 36.2 Å². The molecule has 0 aromatic heterocycles. The highest BCUT2D eigenvalue weighted by molar-refractivity contribution is 6.30. The van der Waals surface area contributed by atoms with Gasteiger partial charge in [0.2, 0.25) is 0 Å². The number of nitrogens with zero attached hydrogens (tertiary/aromatic N) is 1. The van der Waals surface area contributed by atoms with Crippen LogP contribution in [0.4, 0.5) is 4.79 Å². The number of carbonyl (C=O) groups excluding carboxylic acids is 1. The molecule has 0 radical (unpaired) electrons. The van der Waals surface area contributed by atoms with Gasteiger partial charge < -0.3 is 10.2 Å². The molecule has 2 aromatic carbocycles. The Bertz CT molecular complexity index is 803. The van der Waals surface area contributed by atoms with Crippen molar-refractivity contribution in [3.05, 3.63) is 76.8 Å². The zero-order chi connectivity index (χ0) is 19.2. The third kappa shape index (κ3) is 5.36. The average molecular weight is 383 g/mol. The van der Waals surface area contributed by atoms with E-state index in [4.69, 9.17) is 11.6 Å². The van der Waals surface area contributed by atoms with Crippen LogP contribution in [0.1, 0.15) is 29.5 Å². The number of nitrogens with one attached hydrogen (secondary N) is 1. The number of likely N-dealkylation sites (tertiary alicyclic amines) is 1. The van der Waals surface area contributed by atoms with Gasteiger partial charge in [-0.05, 0) is 66.5 Å². The van der Waals surface area contributed by atoms with E-state index in [1.807, 2.05) is 36.1 Å². The van der Waals surface area contributed by atoms with Crippen molar-refractivity contribution in [1.82, 2.24) is 10.2 Å². The van der Waals surface area contributed by atoms with E-state index >= 15 is 0 Å². The van der Waals surface area contributed by atoms with Gasteiger partial charge in [-0.15, -0.1) is 0 Å². The summed E-state index contributed by atoms with van der Waals surface area (Å²) in [7, 11) is 0. The number of carbonyl (C=O) groups is 1. The van der Waals surface area contributed by atoms with Crippen LogP contribution < -0.4 is 5.32 Å². The maximum absolute atomic E-state index is 12.4. The summed E-state index contributed by atoms with van der Waals surface area (Å²) in [6.45, 7) is 8.45. The number of hydrogen-bond donors (Lipinski definition) is 1. The summed E-state index contributed by atoms with van der Waals surface area (Å²) < 4.78 is 0. The van der Waals surface area contributed by atoms with Crippen LogP contribution in [0.2, 0.25) is 5.02 Å². The first-order valence-electron chi connectivity index (χ1n) is 9.54. The van der Waals surface area contributed by atoms with Gasteiger partial charge in [0.05, 0.1) is 0 Å². The number of urea groups is 1. The molecule has 4 heteroatoms. The molecule has 1 saturated heterocycles. The summed E-state index contributed by atoms with van der Waals surface area (Å²) in [4.78, 5) is 14.4. The smallest absolute Gasteiger partial charge is 0.317 e. The van der Waals surface area contributed by atoms with E-state index in [1.165, 1.54) is 5.56 Å². The first-order chi connectivity index (χ1) is 13.0. The molecule has 1 aliphatic rings. The van der Waals surface area contributed by atoms with Gasteiger partial charge in [0, 0.05) is 24.7 Å². The highest BCUT2D eigenvalue weighted by Gasteiger charge is 2.26. The van der Waals surface area contributed by atoms with Crippen LogP contribution in [0.25, 0.3) is 5.57 Å². The van der Waals surface area contributed by atoms with Gasteiger partial charge in [0.15, 0.2) is 0 Å². The third-order valence-electron chi connectivity index (χ3n) is 5.22.